The summed E-state index contributed by atoms with van der Waals surface area (Å²) in [6.07, 6.45) is 10.9. The third-order valence-electron chi connectivity index (χ3n) is 6.20. The number of rotatable bonds is 9. The van der Waals surface area contributed by atoms with Crippen molar-refractivity contribution in [1.29, 1.82) is 5.41 Å². The fourth-order valence-corrected chi connectivity index (χ4v) is 4.70. The van der Waals surface area contributed by atoms with E-state index in [1.807, 2.05) is 6.07 Å². The highest BCUT2D eigenvalue weighted by Crippen LogP contribution is 2.38. The van der Waals surface area contributed by atoms with Crippen LogP contribution in [0.15, 0.2) is 42.9 Å². The number of pyridine rings is 1. The standard InChI is InChI=1S/C26H30F2N6O2.CH4O/c1-15-8-16(10-17(29)9-15)20-4-5-31-14-24(20)34-26-32-13-18(33-26)2-3-23(30)25-21(27)11-19(12-22(25)28)36-7-6-35;1-2/h2-5,11-17,30,35H,6-10,29H2,1H3,(H2,32,33,34);2H,1H3/b3-2-,30-23?;. The van der Waals surface area contributed by atoms with E-state index in [1.165, 1.54) is 12.2 Å². The van der Waals surface area contributed by atoms with Crippen LogP contribution < -0.4 is 15.8 Å². The van der Waals surface area contributed by atoms with Gasteiger partial charge in [0.05, 0.1) is 41.7 Å². The molecule has 9 nitrogen and oxygen atoms in total. The van der Waals surface area contributed by atoms with Crippen molar-refractivity contribution in [2.45, 2.75) is 38.1 Å². The van der Waals surface area contributed by atoms with Gasteiger partial charge in [0.15, 0.2) is 0 Å². The lowest BCUT2D eigenvalue weighted by atomic mass is 9.76. The maximum atomic E-state index is 14.4. The van der Waals surface area contributed by atoms with E-state index in [0.29, 0.717) is 23.5 Å². The van der Waals surface area contributed by atoms with Crippen molar-refractivity contribution in [2.24, 2.45) is 11.7 Å². The number of H-pyrrole nitrogens is 1. The van der Waals surface area contributed by atoms with Crippen LogP contribution in [0, 0.1) is 23.0 Å². The van der Waals surface area contributed by atoms with Gasteiger partial charge in [-0.25, -0.2) is 13.8 Å². The molecule has 0 amide bonds. The molecule has 204 valence electrons. The number of anilines is 2. The van der Waals surface area contributed by atoms with Crippen LogP contribution in [0.25, 0.3) is 6.08 Å². The minimum Gasteiger partial charge on any atom is -0.491 e. The first-order valence-electron chi connectivity index (χ1n) is 12.3. The molecule has 1 fully saturated rings. The fourth-order valence-electron chi connectivity index (χ4n) is 4.70. The molecule has 0 bridgehead atoms. The highest BCUT2D eigenvalue weighted by atomic mass is 19.1. The molecular weight excluding hydrogens is 494 g/mol. The van der Waals surface area contributed by atoms with Crippen LogP contribution in [-0.4, -0.2) is 57.2 Å². The number of hydrogen-bond donors (Lipinski definition) is 6. The molecule has 11 heteroatoms. The van der Waals surface area contributed by atoms with Gasteiger partial charge in [0.2, 0.25) is 5.95 Å². The zero-order chi connectivity index (χ0) is 27.7. The zero-order valence-electron chi connectivity index (χ0n) is 21.4. The van der Waals surface area contributed by atoms with Gasteiger partial charge in [-0.15, -0.1) is 0 Å². The summed E-state index contributed by atoms with van der Waals surface area (Å²) < 4.78 is 33.8. The number of aromatic amines is 1. The molecule has 1 aromatic carbocycles. The van der Waals surface area contributed by atoms with Gasteiger partial charge in [-0.05, 0) is 54.9 Å². The Hall–Kier alpha value is -3.67. The van der Waals surface area contributed by atoms with E-state index in [-0.39, 0.29) is 30.7 Å². The number of aliphatic hydroxyl groups excluding tert-OH is 2. The first-order chi connectivity index (χ1) is 18.3. The number of nitrogens with zero attached hydrogens (tertiary/aromatic N) is 2. The average molecular weight is 529 g/mol. The topological polar surface area (TPSA) is 153 Å². The van der Waals surface area contributed by atoms with Crippen LogP contribution in [0.4, 0.5) is 20.4 Å². The monoisotopic (exact) mass is 528 g/mol. The maximum absolute atomic E-state index is 14.4. The molecule has 0 aliphatic heterocycles. The molecule has 1 aliphatic rings. The normalized spacial score (nSPS) is 19.1. The predicted octanol–water partition coefficient (Wildman–Crippen LogP) is 4.12. The van der Waals surface area contributed by atoms with Crippen molar-refractivity contribution in [3.8, 4) is 5.75 Å². The summed E-state index contributed by atoms with van der Waals surface area (Å²) in [6.45, 7) is 1.86. The van der Waals surface area contributed by atoms with E-state index in [9.17, 15) is 8.78 Å². The van der Waals surface area contributed by atoms with Crippen LogP contribution in [0.3, 0.4) is 0 Å². The molecule has 2 heterocycles. The van der Waals surface area contributed by atoms with Gasteiger partial charge >= 0.3 is 0 Å². The number of imidazole rings is 1. The second-order valence-corrected chi connectivity index (χ2v) is 9.13. The molecule has 1 aliphatic carbocycles. The molecule has 3 atom stereocenters. The van der Waals surface area contributed by atoms with Crippen LogP contribution in [0.1, 0.15) is 48.9 Å². The summed E-state index contributed by atoms with van der Waals surface area (Å²) in [5.74, 6) is -0.547. The molecule has 0 spiro atoms. The van der Waals surface area contributed by atoms with E-state index in [0.717, 1.165) is 49.8 Å². The Balaban J connectivity index is 0.00000195. The molecule has 0 saturated heterocycles. The first kappa shape index (κ1) is 28.9. The smallest absolute Gasteiger partial charge is 0.205 e. The van der Waals surface area contributed by atoms with Crippen LogP contribution in [0.5, 0.6) is 5.75 Å². The molecule has 3 aromatic rings. The third-order valence-corrected chi connectivity index (χ3v) is 6.20. The van der Waals surface area contributed by atoms with E-state index >= 15 is 0 Å². The predicted molar refractivity (Wildman–Crippen MR) is 143 cm³/mol. The van der Waals surface area contributed by atoms with Gasteiger partial charge in [-0.2, -0.15) is 0 Å². The average Bonchev–Trinajstić information content (AvgIpc) is 3.34. The van der Waals surface area contributed by atoms with Gasteiger partial charge in [0.1, 0.15) is 24.0 Å². The lowest BCUT2D eigenvalue weighted by molar-refractivity contribution is 0.200. The minimum absolute atomic E-state index is 0.0525. The number of aromatic nitrogens is 3. The lowest BCUT2D eigenvalue weighted by Crippen LogP contribution is -2.31. The quantitative estimate of drug-likeness (QED) is 0.228. The number of aliphatic hydroxyl groups is 2. The second kappa shape index (κ2) is 13.8. The van der Waals surface area contributed by atoms with Gasteiger partial charge < -0.3 is 36.4 Å². The summed E-state index contributed by atoms with van der Waals surface area (Å²) in [5, 5.41) is 27.2. The SMILES string of the molecule is CC1CC(N)CC(c2ccncc2Nc2ncc(/C=C\C(=N)c3c(F)cc(OCCO)cc3F)[nH]2)C1.CO. The largest absolute Gasteiger partial charge is 0.491 e. The highest BCUT2D eigenvalue weighted by Gasteiger charge is 2.27. The van der Waals surface area contributed by atoms with Gasteiger partial charge in [-0.1, -0.05) is 6.92 Å². The molecule has 3 unspecified atom stereocenters. The van der Waals surface area contributed by atoms with Crippen LogP contribution in [-0.2, 0) is 0 Å². The number of benzene rings is 1. The van der Waals surface area contributed by atoms with E-state index in [2.05, 4.69) is 27.2 Å². The van der Waals surface area contributed by atoms with Crippen molar-refractivity contribution in [3.63, 3.8) is 0 Å². The van der Waals surface area contributed by atoms with Gasteiger partial charge in [0.25, 0.3) is 0 Å². The Bertz CT molecular complexity index is 1220. The van der Waals surface area contributed by atoms with Crippen molar-refractivity contribution in [3.05, 3.63) is 71.3 Å². The highest BCUT2D eigenvalue weighted by molar-refractivity contribution is 6.09. The second-order valence-electron chi connectivity index (χ2n) is 9.13. The number of allylic oxidation sites excluding steroid dienone is 1. The molecule has 1 saturated carbocycles. The van der Waals surface area contributed by atoms with Gasteiger partial charge in [-0.3, -0.25) is 4.98 Å². The number of nitrogens with two attached hydrogens (primary N) is 1. The number of ether oxygens (including phenoxy) is 1. The Kier molecular flexibility index (Phi) is 10.5. The number of halogens is 2. The zero-order valence-corrected chi connectivity index (χ0v) is 21.4. The van der Waals surface area contributed by atoms with Crippen molar-refractivity contribution >= 4 is 23.4 Å². The molecule has 7 N–H and O–H groups in total. The Labute approximate surface area is 220 Å². The van der Waals surface area contributed by atoms with E-state index in [1.54, 1.807) is 18.6 Å². The summed E-state index contributed by atoms with van der Waals surface area (Å²) >= 11 is 0. The molecular formula is C27H34F2N6O3. The van der Waals surface area contributed by atoms with Crippen LogP contribution in [0.2, 0.25) is 0 Å². The van der Waals surface area contributed by atoms with Crippen molar-refractivity contribution in [1.82, 2.24) is 15.0 Å². The Morgan fingerprint density at radius 1 is 1.24 bits per heavy atom. The van der Waals surface area contributed by atoms with E-state index in [4.69, 9.17) is 26.1 Å². The van der Waals surface area contributed by atoms with E-state index < -0.39 is 17.2 Å². The molecule has 0 radical (unpaired) electrons. The fraction of sp³-hybridized carbons (Fsp3) is 0.370. The number of hydrogen-bond acceptors (Lipinski definition) is 8. The summed E-state index contributed by atoms with van der Waals surface area (Å²) in [5.41, 5.74) is 7.97. The summed E-state index contributed by atoms with van der Waals surface area (Å²) in [4.78, 5) is 11.7. The molecule has 38 heavy (non-hydrogen) atoms. The summed E-state index contributed by atoms with van der Waals surface area (Å²) in [7, 11) is 1.00. The first-order valence-corrected chi connectivity index (χ1v) is 12.3. The Morgan fingerprint density at radius 3 is 2.66 bits per heavy atom. The molecule has 2 aromatic heterocycles. The third kappa shape index (κ3) is 7.44. The number of nitrogens with one attached hydrogen (secondary N) is 3. The van der Waals surface area contributed by atoms with Crippen LogP contribution >= 0.6 is 0 Å². The summed E-state index contributed by atoms with van der Waals surface area (Å²) in [6, 6.07) is 4.15. The lowest BCUT2D eigenvalue weighted by Gasteiger charge is -2.32. The van der Waals surface area contributed by atoms with Gasteiger partial charge in [0, 0.05) is 31.5 Å². The van der Waals surface area contributed by atoms with Crippen molar-refractivity contribution in [2.75, 3.05) is 25.6 Å². The Morgan fingerprint density at radius 2 is 1.97 bits per heavy atom. The minimum atomic E-state index is -0.926. The molecule has 4 rings (SSSR count). The van der Waals surface area contributed by atoms with Crippen molar-refractivity contribution < 1.29 is 23.7 Å². The maximum Gasteiger partial charge on any atom is 0.205 e.